The van der Waals surface area contributed by atoms with Gasteiger partial charge in [0.1, 0.15) is 146 Å². The number of aliphatic hydroxyl groups excluding tert-OH is 17. The average Bonchev–Trinajstić information content (AvgIpc) is 3.37. The molecule has 22 aliphatic rings. The maximum atomic E-state index is 11.9. The first-order valence-corrected chi connectivity index (χ1v) is 24.1. The maximum absolute atomic E-state index is 11.9. The van der Waals surface area contributed by atoms with E-state index >= 15 is 0 Å². The normalized spacial score (nSPS) is 51.7. The smallest absolute Gasteiger partial charge is 0.187 e. The molecule has 0 saturated carbocycles. The van der Waals surface area contributed by atoms with E-state index in [0.29, 0.717) is 6.42 Å². The van der Waals surface area contributed by atoms with E-state index in [1.807, 2.05) is 0 Å². The number of rotatable bonds is 12. The van der Waals surface area contributed by atoms with Crippen molar-refractivity contribution in [3.8, 4) is 0 Å². The fraction of sp³-hybridized carbons (Fsp3) is 1.00. The van der Waals surface area contributed by atoms with Crippen molar-refractivity contribution in [2.24, 2.45) is 0 Å². The molecule has 17 N–H and O–H groups in total. The molecular formula is C42H72O31. The Bertz CT molecular complexity index is 1650. The Hall–Kier alpha value is -1.24. The van der Waals surface area contributed by atoms with Crippen LogP contribution in [-0.2, 0) is 66.3 Å². The molecule has 22 heterocycles. The Morgan fingerprint density at radius 2 is 0.562 bits per heavy atom. The van der Waals surface area contributed by atoms with Crippen LogP contribution >= 0.6 is 0 Å². The van der Waals surface area contributed by atoms with Crippen molar-refractivity contribution < 1.29 is 153 Å². The molecular weight excluding hydrogens is 1000 g/mol. The van der Waals surface area contributed by atoms with Gasteiger partial charge in [-0.15, -0.1) is 0 Å². The van der Waals surface area contributed by atoms with Gasteiger partial charge in [0.05, 0.1) is 52.4 Å². The van der Waals surface area contributed by atoms with Crippen LogP contribution in [-0.4, -0.2) is 330 Å². The Balaban J connectivity index is 1.24. The molecule has 31 atom stereocenters. The van der Waals surface area contributed by atoms with E-state index in [-0.39, 0.29) is 6.61 Å². The predicted octanol–water partition coefficient (Wildman–Crippen LogP) is -11.2. The molecule has 0 spiro atoms. The van der Waals surface area contributed by atoms with Gasteiger partial charge in [0, 0.05) is 6.61 Å². The number of aliphatic hydroxyl groups is 17. The summed E-state index contributed by atoms with van der Waals surface area (Å²) >= 11 is 0. The van der Waals surface area contributed by atoms with Gasteiger partial charge < -0.3 is 153 Å². The summed E-state index contributed by atoms with van der Waals surface area (Å²) in [5.41, 5.74) is 0. The molecule has 0 amide bonds. The lowest BCUT2D eigenvalue weighted by molar-refractivity contribution is -0.406. The summed E-state index contributed by atoms with van der Waals surface area (Å²) in [6.45, 7) is -3.28. The van der Waals surface area contributed by atoms with E-state index in [1.165, 1.54) is 6.92 Å². The SMILES string of the molecule is CCCO[C@@H]1[C@@H](O)[C@H]2O[C@H]3[C@H](O)[C@@H](O)[C@@H](O[C@H]4[C@H](O)[C@@H](O)[C@@H](O[C@H]5[C@H](O)[C@@H](O)[C@@H](O[C@H]6[C@H](O)[C@@H](O)[C@@H](O[C@@H]7[C@H](OCC(C)O)[C@@H](O)[C@@H](O[C@H]1[C@@H](CO)O2)O[C@@H]7CO)O[C@@H]6CO)O[C@@H]5CO)O[C@@H]4CO)O[C@@H]3CO. The van der Waals surface area contributed by atoms with Crippen LogP contribution in [0.4, 0.5) is 0 Å². The largest absolute Gasteiger partial charge is 0.394 e. The molecule has 22 fully saturated rings. The molecule has 426 valence electrons. The van der Waals surface area contributed by atoms with Gasteiger partial charge in [-0.3, -0.25) is 0 Å². The van der Waals surface area contributed by atoms with E-state index in [1.54, 1.807) is 6.92 Å². The quantitative estimate of drug-likeness (QED) is 0.0863. The van der Waals surface area contributed by atoms with Crippen LogP contribution in [0.2, 0.25) is 0 Å². The van der Waals surface area contributed by atoms with Gasteiger partial charge in [0.15, 0.2) is 37.7 Å². The average molecular weight is 1070 g/mol. The van der Waals surface area contributed by atoms with Crippen LogP contribution in [0.5, 0.6) is 0 Å². The van der Waals surface area contributed by atoms with Crippen molar-refractivity contribution in [1.29, 1.82) is 0 Å². The highest BCUT2D eigenvalue weighted by Gasteiger charge is 2.59. The van der Waals surface area contributed by atoms with Crippen molar-refractivity contribution in [2.75, 3.05) is 52.9 Å². The lowest BCUT2D eigenvalue weighted by Crippen LogP contribution is -2.69. The molecule has 0 aliphatic carbocycles. The highest BCUT2D eigenvalue weighted by Crippen LogP contribution is 2.39. The predicted molar refractivity (Wildman–Crippen MR) is 225 cm³/mol. The Labute approximate surface area is 416 Å². The minimum atomic E-state index is -2.15. The van der Waals surface area contributed by atoms with Crippen LogP contribution in [0.3, 0.4) is 0 Å². The summed E-state index contributed by atoms with van der Waals surface area (Å²) in [4.78, 5) is 0. The van der Waals surface area contributed by atoms with E-state index in [2.05, 4.69) is 0 Å². The van der Waals surface area contributed by atoms with Crippen LogP contribution in [0, 0.1) is 0 Å². The molecule has 0 aromatic heterocycles. The molecule has 31 heteroatoms. The summed E-state index contributed by atoms with van der Waals surface area (Å²) in [6, 6.07) is 0. The molecule has 31 nitrogen and oxygen atoms in total. The molecule has 12 bridgehead atoms. The van der Waals surface area contributed by atoms with E-state index < -0.39 is 237 Å². The standard InChI is InChI=1S/C42H72O31/c1-3-4-60-35-27(58)41-66-17(9-47)33(35)73-42-28(59)36(61-11-12(2)49)34(18(10-48)67-42)72-40-26(57)22(53)31(15(7-45)65-40)70-38-24(55)20(51)29(13(5-43)63-38)68-37-23(54)19(50)30(14(6-44)62-37)69-39-25(56)21(52)32(71-41)16(8-46)64-39/h12-59H,3-11H2,1-2H3/t12?,13-,14-,15-,16-,17-,18-,19-,20-,21-,22-,23-,24-,25-,26-,27-,28-,29-,30-,31-,32-,33+,34+,35-,36-,37-,38-,39-,40-,41-,42-/m1/s1. The number of ether oxygens (including phenoxy) is 14. The molecule has 1 unspecified atom stereocenters. The minimum Gasteiger partial charge on any atom is -0.394 e. The third-order valence-corrected chi connectivity index (χ3v) is 13.7. The lowest BCUT2D eigenvalue weighted by Gasteiger charge is -2.51. The number of hydrogen-bond acceptors (Lipinski definition) is 31. The van der Waals surface area contributed by atoms with Crippen molar-refractivity contribution in [3.05, 3.63) is 0 Å². The third kappa shape index (κ3) is 12.5. The first kappa shape index (κ1) is 59.4. The topological polar surface area (TPSA) is 473 Å². The second-order valence-electron chi connectivity index (χ2n) is 18.8. The van der Waals surface area contributed by atoms with Crippen LogP contribution < -0.4 is 0 Å². The summed E-state index contributed by atoms with van der Waals surface area (Å²) in [5, 5.41) is 188. The first-order chi connectivity index (χ1) is 34.9. The molecule has 73 heavy (non-hydrogen) atoms. The summed E-state index contributed by atoms with van der Waals surface area (Å²) in [7, 11) is 0. The van der Waals surface area contributed by atoms with E-state index in [4.69, 9.17) is 66.3 Å². The fourth-order valence-corrected chi connectivity index (χ4v) is 9.78. The van der Waals surface area contributed by atoms with Gasteiger partial charge >= 0.3 is 0 Å². The van der Waals surface area contributed by atoms with Crippen molar-refractivity contribution in [1.82, 2.24) is 0 Å². The molecule has 22 aliphatic heterocycles. The Morgan fingerprint density at radius 1 is 0.329 bits per heavy atom. The van der Waals surface area contributed by atoms with E-state index in [0.717, 1.165) is 0 Å². The van der Waals surface area contributed by atoms with Crippen LogP contribution in [0.1, 0.15) is 20.3 Å². The molecule has 22 rings (SSSR count). The van der Waals surface area contributed by atoms with Crippen LogP contribution in [0.15, 0.2) is 0 Å². The Morgan fingerprint density at radius 3 is 0.808 bits per heavy atom. The van der Waals surface area contributed by atoms with Gasteiger partial charge in [-0.1, -0.05) is 6.92 Å². The zero-order valence-electron chi connectivity index (χ0n) is 39.6. The van der Waals surface area contributed by atoms with Crippen LogP contribution in [0.25, 0.3) is 0 Å². The summed E-state index contributed by atoms with van der Waals surface area (Å²) in [5.74, 6) is 0. The van der Waals surface area contributed by atoms with E-state index in [9.17, 15) is 86.8 Å². The second-order valence-corrected chi connectivity index (χ2v) is 18.8. The second kappa shape index (κ2) is 26.1. The molecule has 0 radical (unpaired) electrons. The zero-order valence-corrected chi connectivity index (χ0v) is 39.6. The van der Waals surface area contributed by atoms with Gasteiger partial charge in [0.25, 0.3) is 0 Å². The summed E-state index contributed by atoms with van der Waals surface area (Å²) < 4.78 is 82.2. The van der Waals surface area contributed by atoms with Crippen molar-refractivity contribution in [2.45, 2.75) is 211 Å². The highest BCUT2D eigenvalue weighted by atomic mass is 16.8. The first-order valence-electron chi connectivity index (χ1n) is 24.1. The monoisotopic (exact) mass is 1070 g/mol. The minimum absolute atomic E-state index is 0.0641. The summed E-state index contributed by atoms with van der Waals surface area (Å²) in [6.07, 6.45) is -56.8. The third-order valence-electron chi connectivity index (χ3n) is 13.7. The molecule has 22 saturated heterocycles. The van der Waals surface area contributed by atoms with Crippen molar-refractivity contribution in [3.63, 3.8) is 0 Å². The van der Waals surface area contributed by atoms with Gasteiger partial charge in [-0.25, -0.2) is 0 Å². The van der Waals surface area contributed by atoms with Gasteiger partial charge in [-0.2, -0.15) is 0 Å². The highest BCUT2D eigenvalue weighted by molar-refractivity contribution is 5.01. The zero-order chi connectivity index (χ0) is 53.2. The van der Waals surface area contributed by atoms with Crippen molar-refractivity contribution >= 4 is 0 Å². The Kier molecular flexibility index (Phi) is 21.3. The molecule has 0 aromatic rings. The maximum Gasteiger partial charge on any atom is 0.187 e. The number of hydrogen-bond donors (Lipinski definition) is 17. The fourth-order valence-electron chi connectivity index (χ4n) is 9.78. The molecule has 0 aromatic carbocycles. The lowest BCUT2D eigenvalue weighted by atomic mass is 9.94. The van der Waals surface area contributed by atoms with Gasteiger partial charge in [0.2, 0.25) is 0 Å². The van der Waals surface area contributed by atoms with Gasteiger partial charge in [-0.05, 0) is 13.3 Å².